The van der Waals surface area contributed by atoms with Crippen LogP contribution in [0.25, 0.3) is 11.0 Å². The van der Waals surface area contributed by atoms with Crippen LogP contribution in [0.5, 0.6) is 0 Å². The van der Waals surface area contributed by atoms with Crippen molar-refractivity contribution in [2.45, 2.75) is 0 Å². The predicted octanol–water partition coefficient (Wildman–Crippen LogP) is 1.70. The van der Waals surface area contributed by atoms with Crippen LogP contribution in [0.2, 0.25) is 0 Å². The van der Waals surface area contributed by atoms with Gasteiger partial charge in [-0.1, -0.05) is 0 Å². The number of benzene rings is 1. The second-order valence-corrected chi connectivity index (χ2v) is 4.20. The molecule has 1 aromatic heterocycles. The van der Waals surface area contributed by atoms with E-state index in [-0.39, 0.29) is 0 Å². The number of fused-ring (bicyclic) bond motifs is 1. The highest BCUT2D eigenvalue weighted by Crippen LogP contribution is 2.27. The number of anilines is 1. The Morgan fingerprint density at radius 3 is 2.88 bits per heavy atom. The number of aromatic nitrogens is 2. The summed E-state index contributed by atoms with van der Waals surface area (Å²) in [5, 5.41) is 0. The molecular weight excluding hydrogens is 274 g/mol. The molecule has 6 heteroatoms. The number of carbonyl (C=O) groups is 1. The minimum absolute atomic E-state index is 0.396. The number of rotatable bonds is 1. The van der Waals surface area contributed by atoms with Crippen molar-refractivity contribution in [3.8, 4) is 0 Å². The predicted molar refractivity (Wildman–Crippen MR) is 64.2 cm³/mol. The van der Waals surface area contributed by atoms with Crippen LogP contribution in [0.1, 0.15) is 10.4 Å². The SMILES string of the molecule is COC(=O)c1cc(Br)c2c(c1)nc(N)n2C. The van der Waals surface area contributed by atoms with E-state index in [0.29, 0.717) is 17.0 Å². The fourth-order valence-corrected chi connectivity index (χ4v) is 2.27. The van der Waals surface area contributed by atoms with E-state index >= 15 is 0 Å². The summed E-state index contributed by atoms with van der Waals surface area (Å²) in [4.78, 5) is 15.5. The molecule has 2 N–H and O–H groups in total. The van der Waals surface area contributed by atoms with Gasteiger partial charge in [0.05, 0.1) is 23.7 Å². The Bertz CT molecular complexity index is 577. The Morgan fingerprint density at radius 2 is 2.25 bits per heavy atom. The maximum Gasteiger partial charge on any atom is 0.337 e. The smallest absolute Gasteiger partial charge is 0.337 e. The Balaban J connectivity index is 2.73. The zero-order valence-corrected chi connectivity index (χ0v) is 10.4. The van der Waals surface area contributed by atoms with Gasteiger partial charge < -0.3 is 15.0 Å². The van der Waals surface area contributed by atoms with Gasteiger partial charge in [0.2, 0.25) is 5.95 Å². The summed E-state index contributed by atoms with van der Waals surface area (Å²) >= 11 is 3.39. The van der Waals surface area contributed by atoms with Gasteiger partial charge in [0.1, 0.15) is 0 Å². The van der Waals surface area contributed by atoms with Crippen LogP contribution in [0.3, 0.4) is 0 Å². The minimum atomic E-state index is -0.396. The van der Waals surface area contributed by atoms with Gasteiger partial charge in [-0.25, -0.2) is 9.78 Å². The molecule has 0 aliphatic carbocycles. The van der Waals surface area contributed by atoms with Crippen LogP contribution in [-0.2, 0) is 11.8 Å². The molecule has 0 bridgehead atoms. The standard InChI is InChI=1S/C10H10BrN3O2/c1-14-8-6(11)3-5(9(15)16-2)4-7(8)13-10(14)12/h3-4H,1-2H3,(H2,12,13). The minimum Gasteiger partial charge on any atom is -0.465 e. The van der Waals surface area contributed by atoms with Crippen molar-refractivity contribution < 1.29 is 9.53 Å². The lowest BCUT2D eigenvalue weighted by Crippen LogP contribution is -2.01. The van der Waals surface area contributed by atoms with Crippen molar-refractivity contribution in [1.82, 2.24) is 9.55 Å². The summed E-state index contributed by atoms with van der Waals surface area (Å²) in [5.74, 6) is 0.00420. The molecule has 0 unspecified atom stereocenters. The molecule has 5 nitrogen and oxygen atoms in total. The van der Waals surface area contributed by atoms with Crippen molar-refractivity contribution in [3.63, 3.8) is 0 Å². The number of esters is 1. The first-order valence-electron chi connectivity index (χ1n) is 4.54. The summed E-state index contributed by atoms with van der Waals surface area (Å²) in [5.41, 5.74) is 7.65. The van der Waals surface area contributed by atoms with E-state index in [1.165, 1.54) is 7.11 Å². The third-order valence-electron chi connectivity index (χ3n) is 2.38. The summed E-state index contributed by atoms with van der Waals surface area (Å²) in [6, 6.07) is 3.34. The van der Waals surface area contributed by atoms with Gasteiger partial charge in [-0.3, -0.25) is 0 Å². The third-order valence-corrected chi connectivity index (χ3v) is 2.98. The molecule has 84 valence electrons. The van der Waals surface area contributed by atoms with E-state index in [0.717, 1.165) is 9.99 Å². The molecule has 0 fully saturated rings. The Morgan fingerprint density at radius 1 is 1.56 bits per heavy atom. The molecule has 0 spiro atoms. The number of hydrogen-bond donors (Lipinski definition) is 1. The number of carbonyl (C=O) groups excluding carboxylic acids is 1. The molecule has 0 aliphatic heterocycles. The van der Waals surface area contributed by atoms with Crippen LogP contribution in [-0.4, -0.2) is 22.6 Å². The fraction of sp³-hybridized carbons (Fsp3) is 0.200. The average Bonchev–Trinajstić information content (AvgIpc) is 2.54. The summed E-state index contributed by atoms with van der Waals surface area (Å²) in [7, 11) is 3.15. The maximum atomic E-state index is 11.4. The van der Waals surface area contributed by atoms with Gasteiger partial charge in [0, 0.05) is 11.5 Å². The van der Waals surface area contributed by atoms with Crippen LogP contribution in [0.4, 0.5) is 5.95 Å². The molecule has 16 heavy (non-hydrogen) atoms. The van der Waals surface area contributed by atoms with E-state index in [4.69, 9.17) is 5.73 Å². The van der Waals surface area contributed by atoms with Crippen LogP contribution < -0.4 is 5.73 Å². The monoisotopic (exact) mass is 283 g/mol. The molecule has 0 radical (unpaired) electrons. The fourth-order valence-electron chi connectivity index (χ4n) is 1.55. The molecule has 0 atom stereocenters. The molecule has 0 saturated heterocycles. The summed E-state index contributed by atoms with van der Waals surface area (Å²) in [6.07, 6.45) is 0. The van der Waals surface area contributed by atoms with Gasteiger partial charge in [0.25, 0.3) is 0 Å². The number of nitrogens with two attached hydrogens (primary N) is 1. The van der Waals surface area contributed by atoms with Gasteiger partial charge in [0.15, 0.2) is 0 Å². The number of imidazole rings is 1. The molecule has 1 heterocycles. The van der Waals surface area contributed by atoms with Crippen LogP contribution in [0, 0.1) is 0 Å². The molecule has 2 aromatic rings. The Labute approximate surface area is 100 Å². The lowest BCUT2D eigenvalue weighted by atomic mass is 10.2. The van der Waals surface area contributed by atoms with E-state index < -0.39 is 5.97 Å². The number of nitrogen functional groups attached to an aromatic ring is 1. The quantitative estimate of drug-likeness (QED) is 0.809. The highest BCUT2D eigenvalue weighted by Gasteiger charge is 2.13. The lowest BCUT2D eigenvalue weighted by molar-refractivity contribution is 0.0601. The Kier molecular flexibility index (Phi) is 2.59. The second-order valence-electron chi connectivity index (χ2n) is 3.35. The first kappa shape index (κ1) is 10.9. The van der Waals surface area contributed by atoms with Gasteiger partial charge in [-0.15, -0.1) is 0 Å². The van der Waals surface area contributed by atoms with Crippen molar-refractivity contribution in [2.75, 3.05) is 12.8 Å². The number of ether oxygens (including phenoxy) is 1. The van der Waals surface area contributed by atoms with Crippen LogP contribution >= 0.6 is 15.9 Å². The van der Waals surface area contributed by atoms with Crippen molar-refractivity contribution in [1.29, 1.82) is 0 Å². The molecule has 0 saturated carbocycles. The largest absolute Gasteiger partial charge is 0.465 e. The highest BCUT2D eigenvalue weighted by atomic mass is 79.9. The van der Waals surface area contributed by atoms with Crippen LogP contribution in [0.15, 0.2) is 16.6 Å². The molecule has 0 amide bonds. The number of methoxy groups -OCH3 is 1. The number of nitrogens with zero attached hydrogens (tertiary/aromatic N) is 2. The van der Waals surface area contributed by atoms with E-state index in [2.05, 4.69) is 25.7 Å². The molecule has 1 aromatic carbocycles. The van der Waals surface area contributed by atoms with Gasteiger partial charge in [-0.05, 0) is 28.1 Å². The normalized spacial score (nSPS) is 10.7. The topological polar surface area (TPSA) is 70.1 Å². The average molecular weight is 284 g/mol. The van der Waals surface area contributed by atoms with Crippen molar-refractivity contribution in [3.05, 3.63) is 22.2 Å². The first-order valence-corrected chi connectivity index (χ1v) is 5.33. The molecular formula is C10H10BrN3O2. The highest BCUT2D eigenvalue weighted by molar-refractivity contribution is 9.10. The summed E-state index contributed by atoms with van der Waals surface area (Å²) < 4.78 is 7.16. The maximum absolute atomic E-state index is 11.4. The van der Waals surface area contributed by atoms with Crippen molar-refractivity contribution >= 4 is 38.9 Å². The number of hydrogen-bond acceptors (Lipinski definition) is 4. The Hall–Kier alpha value is -1.56. The van der Waals surface area contributed by atoms with Gasteiger partial charge in [-0.2, -0.15) is 0 Å². The first-order chi connectivity index (χ1) is 7.54. The van der Waals surface area contributed by atoms with E-state index in [1.54, 1.807) is 16.7 Å². The van der Waals surface area contributed by atoms with E-state index in [1.807, 2.05) is 7.05 Å². The lowest BCUT2D eigenvalue weighted by Gasteiger charge is -2.02. The van der Waals surface area contributed by atoms with Gasteiger partial charge >= 0.3 is 5.97 Å². The second kappa shape index (κ2) is 3.79. The van der Waals surface area contributed by atoms with Crippen molar-refractivity contribution in [2.24, 2.45) is 7.05 Å². The summed E-state index contributed by atoms with van der Waals surface area (Å²) in [6.45, 7) is 0. The third kappa shape index (κ3) is 1.55. The number of aryl methyl sites for hydroxylation is 1. The zero-order valence-electron chi connectivity index (χ0n) is 8.82. The molecule has 2 rings (SSSR count). The zero-order chi connectivity index (χ0) is 11.9. The molecule has 0 aliphatic rings. The van der Waals surface area contributed by atoms with E-state index in [9.17, 15) is 4.79 Å². The number of halogens is 1.